The number of halogens is 1. The van der Waals surface area contributed by atoms with Crippen LogP contribution in [-0.2, 0) is 0 Å². The SMILES string of the molecule is N#Cc1ccc(-c2nc(Br)nc(-c3ccc(C#N)cc3)n2)cc1. The van der Waals surface area contributed by atoms with Crippen LogP contribution in [0.4, 0.5) is 0 Å². The number of nitriles is 2. The molecule has 0 aliphatic rings. The molecule has 0 aliphatic heterocycles. The lowest BCUT2D eigenvalue weighted by Crippen LogP contribution is -1.97. The molecule has 0 N–H and O–H groups in total. The first-order chi connectivity index (χ1) is 11.2. The summed E-state index contributed by atoms with van der Waals surface area (Å²) in [7, 11) is 0. The molecule has 3 rings (SSSR count). The molecule has 0 saturated heterocycles. The first-order valence-electron chi connectivity index (χ1n) is 6.62. The number of nitrogens with zero attached hydrogens (tertiary/aromatic N) is 5. The van der Waals surface area contributed by atoms with Crippen molar-refractivity contribution in [2.75, 3.05) is 0 Å². The van der Waals surface area contributed by atoms with E-state index in [1.165, 1.54) is 0 Å². The van der Waals surface area contributed by atoms with Gasteiger partial charge in [0.1, 0.15) is 0 Å². The molecule has 0 unspecified atom stereocenters. The van der Waals surface area contributed by atoms with E-state index in [1.54, 1.807) is 48.5 Å². The summed E-state index contributed by atoms with van der Waals surface area (Å²) in [5.41, 5.74) is 2.74. The Hall–Kier alpha value is -3.09. The van der Waals surface area contributed by atoms with Gasteiger partial charge in [0.15, 0.2) is 11.6 Å². The lowest BCUT2D eigenvalue weighted by molar-refractivity contribution is 1.03. The molecule has 3 aromatic rings. The Morgan fingerprint density at radius 3 is 1.39 bits per heavy atom. The van der Waals surface area contributed by atoms with Crippen LogP contribution in [0.1, 0.15) is 11.1 Å². The maximum absolute atomic E-state index is 8.86. The van der Waals surface area contributed by atoms with E-state index in [9.17, 15) is 0 Å². The van der Waals surface area contributed by atoms with Gasteiger partial charge in [-0.2, -0.15) is 10.5 Å². The van der Waals surface area contributed by atoms with Gasteiger partial charge in [-0.1, -0.05) is 0 Å². The van der Waals surface area contributed by atoms with E-state index in [0.29, 0.717) is 27.5 Å². The number of hydrogen-bond acceptors (Lipinski definition) is 5. The van der Waals surface area contributed by atoms with Gasteiger partial charge in [0.05, 0.1) is 23.3 Å². The van der Waals surface area contributed by atoms with Gasteiger partial charge in [-0.3, -0.25) is 0 Å². The standard InChI is InChI=1S/C17H8BrN5/c18-17-22-15(13-5-1-11(9-19)2-6-13)21-16(23-17)14-7-3-12(10-20)4-8-14/h1-8H. The van der Waals surface area contributed by atoms with Crippen LogP contribution in [0.2, 0.25) is 0 Å². The lowest BCUT2D eigenvalue weighted by Gasteiger charge is -2.05. The summed E-state index contributed by atoms with van der Waals surface area (Å²) in [6, 6.07) is 18.2. The Labute approximate surface area is 141 Å². The molecule has 0 saturated carbocycles. The summed E-state index contributed by atoms with van der Waals surface area (Å²) in [6.07, 6.45) is 0. The van der Waals surface area contributed by atoms with Crippen LogP contribution < -0.4 is 0 Å². The highest BCUT2D eigenvalue weighted by molar-refractivity contribution is 9.10. The Balaban J connectivity index is 2.04. The average molecular weight is 362 g/mol. The molecule has 0 radical (unpaired) electrons. The van der Waals surface area contributed by atoms with Crippen molar-refractivity contribution in [2.24, 2.45) is 0 Å². The van der Waals surface area contributed by atoms with Gasteiger partial charge in [0, 0.05) is 11.1 Å². The minimum atomic E-state index is 0.422. The van der Waals surface area contributed by atoms with Crippen molar-refractivity contribution >= 4 is 15.9 Å². The van der Waals surface area contributed by atoms with Crippen molar-refractivity contribution in [3.63, 3.8) is 0 Å². The highest BCUT2D eigenvalue weighted by atomic mass is 79.9. The summed E-state index contributed by atoms with van der Waals surface area (Å²) in [5.74, 6) is 1.02. The van der Waals surface area contributed by atoms with E-state index in [4.69, 9.17) is 10.5 Å². The zero-order valence-corrected chi connectivity index (χ0v) is 13.3. The third-order valence-corrected chi connectivity index (χ3v) is 3.51. The van der Waals surface area contributed by atoms with Crippen LogP contribution >= 0.6 is 15.9 Å². The predicted molar refractivity (Wildman–Crippen MR) is 87.8 cm³/mol. The second-order valence-electron chi connectivity index (χ2n) is 4.63. The van der Waals surface area contributed by atoms with E-state index >= 15 is 0 Å². The average Bonchev–Trinajstić information content (AvgIpc) is 2.61. The molecule has 0 fully saturated rings. The first kappa shape index (κ1) is 14.8. The third kappa shape index (κ3) is 3.23. The summed E-state index contributed by atoms with van der Waals surface area (Å²) in [6.45, 7) is 0. The second kappa shape index (κ2) is 6.35. The highest BCUT2D eigenvalue weighted by Gasteiger charge is 2.09. The molecular formula is C17H8BrN5. The lowest BCUT2D eigenvalue weighted by atomic mass is 10.1. The van der Waals surface area contributed by atoms with Gasteiger partial charge in [0.2, 0.25) is 4.73 Å². The molecule has 1 aromatic heterocycles. The zero-order valence-electron chi connectivity index (χ0n) is 11.7. The van der Waals surface area contributed by atoms with Crippen molar-refractivity contribution in [1.29, 1.82) is 10.5 Å². The van der Waals surface area contributed by atoms with Crippen LogP contribution in [0, 0.1) is 22.7 Å². The molecule has 6 heteroatoms. The van der Waals surface area contributed by atoms with Gasteiger partial charge in [-0.15, -0.1) is 0 Å². The quantitative estimate of drug-likeness (QED) is 0.694. The van der Waals surface area contributed by atoms with E-state index in [1.807, 2.05) is 0 Å². The minimum absolute atomic E-state index is 0.422. The predicted octanol–water partition coefficient (Wildman–Crippen LogP) is 3.71. The molecule has 1 heterocycles. The van der Waals surface area contributed by atoms with Crippen LogP contribution in [0.25, 0.3) is 22.8 Å². The summed E-state index contributed by atoms with van der Waals surface area (Å²) in [5, 5.41) is 17.7. The maximum atomic E-state index is 8.86. The molecule has 0 amide bonds. The van der Waals surface area contributed by atoms with Crippen LogP contribution in [0.5, 0.6) is 0 Å². The van der Waals surface area contributed by atoms with Gasteiger partial charge >= 0.3 is 0 Å². The maximum Gasteiger partial charge on any atom is 0.200 e. The van der Waals surface area contributed by atoms with Crippen molar-refractivity contribution in [1.82, 2.24) is 15.0 Å². The number of rotatable bonds is 2. The summed E-state index contributed by atoms with van der Waals surface area (Å²) >= 11 is 3.30. The monoisotopic (exact) mass is 361 g/mol. The molecule has 0 aliphatic carbocycles. The van der Waals surface area contributed by atoms with Crippen molar-refractivity contribution in [2.45, 2.75) is 0 Å². The Kier molecular flexibility index (Phi) is 4.09. The number of hydrogen-bond donors (Lipinski definition) is 0. The first-order valence-corrected chi connectivity index (χ1v) is 7.41. The third-order valence-electron chi connectivity index (χ3n) is 3.15. The topological polar surface area (TPSA) is 86.2 Å². The fourth-order valence-electron chi connectivity index (χ4n) is 2.00. The van der Waals surface area contributed by atoms with Gasteiger partial charge in [0.25, 0.3) is 0 Å². The van der Waals surface area contributed by atoms with Gasteiger partial charge < -0.3 is 0 Å². The van der Waals surface area contributed by atoms with E-state index in [0.717, 1.165) is 11.1 Å². The van der Waals surface area contributed by atoms with E-state index in [2.05, 4.69) is 43.0 Å². The smallest absolute Gasteiger partial charge is 0.200 e. The minimum Gasteiger partial charge on any atom is -0.208 e. The Bertz CT molecular complexity index is 859. The van der Waals surface area contributed by atoms with Crippen molar-refractivity contribution in [3.8, 4) is 34.9 Å². The summed E-state index contributed by atoms with van der Waals surface area (Å²) < 4.78 is 0.422. The Morgan fingerprint density at radius 1 is 0.652 bits per heavy atom. The molecule has 108 valence electrons. The van der Waals surface area contributed by atoms with Crippen LogP contribution in [-0.4, -0.2) is 15.0 Å². The van der Waals surface area contributed by atoms with Crippen LogP contribution in [0.15, 0.2) is 53.3 Å². The second-order valence-corrected chi connectivity index (χ2v) is 5.34. The van der Waals surface area contributed by atoms with Gasteiger partial charge in [-0.05, 0) is 64.5 Å². The van der Waals surface area contributed by atoms with Crippen molar-refractivity contribution < 1.29 is 0 Å². The highest BCUT2D eigenvalue weighted by Crippen LogP contribution is 2.22. The molecule has 0 bridgehead atoms. The van der Waals surface area contributed by atoms with E-state index < -0.39 is 0 Å². The summed E-state index contributed by atoms with van der Waals surface area (Å²) in [4.78, 5) is 13.0. The van der Waals surface area contributed by atoms with Crippen LogP contribution in [0.3, 0.4) is 0 Å². The molecule has 0 spiro atoms. The number of aromatic nitrogens is 3. The molecule has 5 nitrogen and oxygen atoms in total. The zero-order chi connectivity index (χ0) is 16.2. The van der Waals surface area contributed by atoms with E-state index in [-0.39, 0.29) is 0 Å². The Morgan fingerprint density at radius 2 is 1.04 bits per heavy atom. The van der Waals surface area contributed by atoms with Gasteiger partial charge in [-0.25, -0.2) is 15.0 Å². The molecule has 23 heavy (non-hydrogen) atoms. The molecule has 0 atom stereocenters. The fourth-order valence-corrected chi connectivity index (χ4v) is 2.33. The normalized spacial score (nSPS) is 9.87. The fraction of sp³-hybridized carbons (Fsp3) is 0. The molecular weight excluding hydrogens is 354 g/mol. The van der Waals surface area contributed by atoms with Crippen molar-refractivity contribution in [3.05, 3.63) is 64.4 Å². The number of benzene rings is 2. The molecule has 2 aromatic carbocycles. The largest absolute Gasteiger partial charge is 0.208 e.